The third-order valence-corrected chi connectivity index (χ3v) is 11.9. The number of ether oxygens (including phenoxy) is 1. The molecule has 4 aromatic rings. The Labute approximate surface area is 328 Å². The van der Waals surface area contributed by atoms with Crippen LogP contribution in [0.5, 0.6) is 5.75 Å². The summed E-state index contributed by atoms with van der Waals surface area (Å²) in [7, 11) is 0. The number of nitriles is 1. The minimum Gasteiger partial charge on any atom is -0.490 e. The molecule has 5 heterocycles. The van der Waals surface area contributed by atoms with E-state index in [1.165, 1.54) is 11.0 Å². The number of hydrogen-bond acceptors (Lipinski definition) is 10. The molecule has 0 bridgehead atoms. The topological polar surface area (TPSA) is 162 Å². The van der Waals surface area contributed by atoms with Gasteiger partial charge in [-0.25, -0.2) is 19.2 Å². The Bertz CT molecular complexity index is 2130. The number of benzene rings is 2. The lowest BCUT2D eigenvalue weighted by Crippen LogP contribution is -2.50. The van der Waals surface area contributed by atoms with Crippen LogP contribution in [0.1, 0.15) is 79.9 Å². The van der Waals surface area contributed by atoms with E-state index < -0.39 is 11.8 Å². The molecule has 3 aliphatic heterocycles. The standard InChI is InChI=1S/C40H44ClFN10O4/c41-32-19-30(4-1-26(32)20-43)56-29-5-2-27(3-6-29)47-39(54)34-22-45-36(23-44-34)50-16-9-25(10-17-50)24-49-14-11-28(12-15-49)52-35-8-7-33(42)38(31(35)21-46-52)51-18-13-37(53)48-40(51)55/h1,4,7-8,19,21-23,25,27-29H,2-3,5-6,9-18,24H2,(H,47,54)(H,48,53,55)/t27-,29-. The molecule has 16 heteroatoms. The monoisotopic (exact) mass is 782 g/mol. The van der Waals surface area contributed by atoms with E-state index in [1.54, 1.807) is 42.9 Å². The number of nitrogens with one attached hydrogen (secondary N) is 2. The van der Waals surface area contributed by atoms with Crippen molar-refractivity contribution in [3.05, 3.63) is 71.0 Å². The van der Waals surface area contributed by atoms with Crippen LogP contribution in [-0.4, -0.2) is 93.9 Å². The first-order chi connectivity index (χ1) is 27.2. The first kappa shape index (κ1) is 37.6. The predicted molar refractivity (Wildman–Crippen MR) is 207 cm³/mol. The number of piperidine rings is 2. The molecule has 1 aliphatic carbocycles. The maximum absolute atomic E-state index is 15.0. The third kappa shape index (κ3) is 8.13. The molecular weight excluding hydrogens is 739 g/mol. The van der Waals surface area contributed by atoms with E-state index in [2.05, 4.69) is 41.6 Å². The summed E-state index contributed by atoms with van der Waals surface area (Å²) in [5.74, 6) is 0.900. The summed E-state index contributed by atoms with van der Waals surface area (Å²) in [5, 5.41) is 20.1. The van der Waals surface area contributed by atoms with Crippen molar-refractivity contribution in [3.8, 4) is 11.8 Å². The van der Waals surface area contributed by atoms with Crippen molar-refractivity contribution < 1.29 is 23.5 Å². The van der Waals surface area contributed by atoms with E-state index in [0.29, 0.717) is 33.3 Å². The molecule has 1 saturated carbocycles. The molecule has 4 fully saturated rings. The number of urea groups is 1. The van der Waals surface area contributed by atoms with E-state index in [-0.39, 0.29) is 48.7 Å². The van der Waals surface area contributed by atoms with Gasteiger partial charge < -0.3 is 19.9 Å². The average Bonchev–Trinajstić information content (AvgIpc) is 3.64. The van der Waals surface area contributed by atoms with Gasteiger partial charge >= 0.3 is 6.03 Å². The van der Waals surface area contributed by atoms with Crippen molar-refractivity contribution >= 4 is 51.9 Å². The molecule has 8 rings (SSSR count). The van der Waals surface area contributed by atoms with Crippen molar-refractivity contribution in [3.63, 3.8) is 0 Å². The van der Waals surface area contributed by atoms with Crippen LogP contribution in [0.25, 0.3) is 10.9 Å². The molecule has 14 nitrogen and oxygen atoms in total. The largest absolute Gasteiger partial charge is 0.490 e. The fraction of sp³-hybridized carbons (Fsp3) is 0.475. The summed E-state index contributed by atoms with van der Waals surface area (Å²) < 4.78 is 23.1. The van der Waals surface area contributed by atoms with Crippen molar-refractivity contribution in [2.24, 2.45) is 5.92 Å². The van der Waals surface area contributed by atoms with Gasteiger partial charge in [0.15, 0.2) is 0 Å². The Morgan fingerprint density at radius 3 is 2.45 bits per heavy atom. The van der Waals surface area contributed by atoms with E-state index in [0.717, 1.165) is 95.4 Å². The summed E-state index contributed by atoms with van der Waals surface area (Å²) in [5.41, 5.74) is 1.67. The molecule has 4 amide bonds. The number of likely N-dealkylation sites (tertiary alicyclic amines) is 1. The zero-order valence-corrected chi connectivity index (χ0v) is 31.8. The van der Waals surface area contributed by atoms with Crippen LogP contribution in [0, 0.1) is 23.1 Å². The number of imide groups is 1. The van der Waals surface area contributed by atoms with Crippen LogP contribution in [0.3, 0.4) is 0 Å². The van der Waals surface area contributed by atoms with E-state index in [4.69, 9.17) is 21.6 Å². The molecule has 0 spiro atoms. The van der Waals surface area contributed by atoms with Crippen LogP contribution in [-0.2, 0) is 4.79 Å². The van der Waals surface area contributed by atoms with Gasteiger partial charge in [0, 0.05) is 63.2 Å². The number of aromatic nitrogens is 4. The van der Waals surface area contributed by atoms with Crippen LogP contribution in [0.2, 0.25) is 5.02 Å². The van der Waals surface area contributed by atoms with Gasteiger partial charge in [-0.05, 0) is 81.5 Å². The molecule has 56 heavy (non-hydrogen) atoms. The summed E-state index contributed by atoms with van der Waals surface area (Å²) in [6.07, 6.45) is 12.1. The fourth-order valence-corrected chi connectivity index (χ4v) is 8.73. The Morgan fingerprint density at radius 1 is 0.964 bits per heavy atom. The SMILES string of the molecule is N#Cc1ccc(O[C@H]2CC[C@H](NC(=O)c3cnc(N4CCC(CN5CCC(n6ncc7c(N8CCC(=O)NC8=O)c(F)ccc76)CC5)CC4)cn3)CC2)cc1Cl. The van der Waals surface area contributed by atoms with Crippen LogP contribution in [0.4, 0.5) is 20.7 Å². The lowest BCUT2D eigenvalue weighted by Gasteiger charge is -2.38. The number of carbonyl (C=O) groups excluding carboxylic acids is 3. The van der Waals surface area contributed by atoms with Crippen molar-refractivity contribution in [2.45, 2.75) is 76.0 Å². The molecule has 0 radical (unpaired) electrons. The molecule has 0 unspecified atom stereocenters. The number of nitrogens with zero attached hydrogens (tertiary/aromatic N) is 8. The number of carbonyl (C=O) groups is 3. The number of hydrogen-bond donors (Lipinski definition) is 2. The Kier molecular flexibility index (Phi) is 11.0. The van der Waals surface area contributed by atoms with Crippen LogP contribution in [0.15, 0.2) is 48.9 Å². The van der Waals surface area contributed by atoms with Crippen LogP contribution >= 0.6 is 11.6 Å². The number of fused-ring (bicyclic) bond motifs is 1. The molecule has 2 N–H and O–H groups in total. The second-order valence-electron chi connectivity index (χ2n) is 15.2. The zero-order valence-electron chi connectivity index (χ0n) is 31.0. The van der Waals surface area contributed by atoms with Crippen LogP contribution < -0.4 is 25.2 Å². The number of anilines is 2. The van der Waals surface area contributed by atoms with Crippen molar-refractivity contribution in [2.75, 3.05) is 49.1 Å². The highest BCUT2D eigenvalue weighted by atomic mass is 35.5. The zero-order chi connectivity index (χ0) is 38.8. The summed E-state index contributed by atoms with van der Waals surface area (Å²) >= 11 is 6.14. The molecule has 2 aromatic heterocycles. The van der Waals surface area contributed by atoms with Gasteiger partial charge in [-0.2, -0.15) is 10.4 Å². The van der Waals surface area contributed by atoms with E-state index in [1.807, 2.05) is 4.68 Å². The van der Waals surface area contributed by atoms with Gasteiger partial charge in [0.2, 0.25) is 5.91 Å². The maximum atomic E-state index is 15.0. The number of rotatable bonds is 9. The predicted octanol–water partition coefficient (Wildman–Crippen LogP) is 5.61. The minimum atomic E-state index is -0.614. The first-order valence-corrected chi connectivity index (χ1v) is 19.8. The smallest absolute Gasteiger partial charge is 0.328 e. The van der Waals surface area contributed by atoms with E-state index in [9.17, 15) is 14.4 Å². The summed E-state index contributed by atoms with van der Waals surface area (Å²) in [4.78, 5) is 52.3. The summed E-state index contributed by atoms with van der Waals surface area (Å²) in [6, 6.07) is 9.83. The maximum Gasteiger partial charge on any atom is 0.328 e. The van der Waals surface area contributed by atoms with Gasteiger partial charge in [-0.1, -0.05) is 11.6 Å². The van der Waals surface area contributed by atoms with Gasteiger partial charge in [-0.15, -0.1) is 0 Å². The lowest BCUT2D eigenvalue weighted by molar-refractivity contribution is -0.120. The average molecular weight is 783 g/mol. The highest BCUT2D eigenvalue weighted by molar-refractivity contribution is 6.31. The normalized spacial score (nSPS) is 21.5. The molecule has 2 aromatic carbocycles. The highest BCUT2D eigenvalue weighted by Crippen LogP contribution is 2.35. The molecule has 292 valence electrons. The fourth-order valence-electron chi connectivity index (χ4n) is 8.52. The van der Waals surface area contributed by atoms with Gasteiger partial charge in [-0.3, -0.25) is 24.5 Å². The molecule has 3 saturated heterocycles. The Hall–Kier alpha value is -5.33. The summed E-state index contributed by atoms with van der Waals surface area (Å²) in [6.45, 7) is 4.79. The Morgan fingerprint density at radius 2 is 1.75 bits per heavy atom. The highest BCUT2D eigenvalue weighted by Gasteiger charge is 2.31. The third-order valence-electron chi connectivity index (χ3n) is 11.6. The Balaban J connectivity index is 0.767. The number of halogens is 2. The molecule has 0 atom stereocenters. The van der Waals surface area contributed by atoms with E-state index >= 15 is 4.39 Å². The quantitative estimate of drug-likeness (QED) is 0.218. The van der Waals surface area contributed by atoms with Crippen molar-refractivity contribution in [1.82, 2.24) is 35.3 Å². The second-order valence-corrected chi connectivity index (χ2v) is 15.6. The van der Waals surface area contributed by atoms with Gasteiger partial charge in [0.1, 0.15) is 29.1 Å². The van der Waals surface area contributed by atoms with Gasteiger partial charge in [0.05, 0.1) is 52.5 Å². The first-order valence-electron chi connectivity index (χ1n) is 19.5. The second kappa shape index (κ2) is 16.4. The van der Waals surface area contributed by atoms with Crippen molar-refractivity contribution in [1.29, 1.82) is 5.26 Å². The van der Waals surface area contributed by atoms with Gasteiger partial charge in [0.25, 0.3) is 5.91 Å². The molecule has 4 aliphatic rings. The minimum absolute atomic E-state index is 0.0227. The number of amides is 4. The molecular formula is C40H44ClFN10O4. The lowest BCUT2D eigenvalue weighted by atomic mass is 9.93.